The number of hydrogen-bond donors (Lipinski definition) is 0. The molecule has 0 atom stereocenters. The van der Waals surface area contributed by atoms with Gasteiger partial charge in [-0.2, -0.15) is 0 Å². The molecule has 0 aliphatic heterocycles. The third-order valence-electron chi connectivity index (χ3n) is 26.0. The molecule has 0 N–H and O–H groups in total. The Hall–Kier alpha value is -16.9. The second-order valence-corrected chi connectivity index (χ2v) is 33.3. The summed E-state index contributed by atoms with van der Waals surface area (Å²) in [6.07, 6.45) is 0. The van der Waals surface area contributed by atoms with E-state index >= 15 is 0 Å². The van der Waals surface area contributed by atoms with E-state index < -0.39 is 0 Å². The second kappa shape index (κ2) is 31.8. The first-order valence-corrected chi connectivity index (χ1v) is 43.9. The number of fused-ring (bicyclic) bond motifs is 10. The highest BCUT2D eigenvalue weighted by Crippen LogP contribution is 2.49. The standard InChI is InChI=1S/C124H80N2O2/c1-3-26-101-88(20-1)22-16-34-103(101)90-52-44-81(45-53-90)84-60-68-97(69-61-84)125(119-40-11-7-28-107(119)95-66-74-117-115-32-9-13-42-121(115)127-123(117)79-95)98-70-62-85(63-71-98)83-48-56-92(57-49-83)105-36-18-38-112-110(105)37-19-39-113(112)114-77-76-106(109-30-5-6-31-111(109)114)93-58-50-87(51-59-93)94-24-15-25-100(78-94)126(120-41-12-8-29-108(120)96-67-75-118-116-33-10-14-43-122(116)128-124(118)80-96)99-72-64-86(65-73-99)82-46-54-91(55-47-82)104-35-17-23-89-21-2-4-27-102(89)104/h1-80H. The molecule has 0 saturated heterocycles. The van der Waals surface area contributed by atoms with E-state index in [9.17, 15) is 0 Å². The van der Waals surface area contributed by atoms with Gasteiger partial charge in [-0.25, -0.2) is 0 Å². The maximum Gasteiger partial charge on any atom is 0.136 e. The van der Waals surface area contributed by atoms with Crippen LogP contribution in [0.15, 0.2) is 494 Å². The third-order valence-corrected chi connectivity index (χ3v) is 26.0. The SMILES string of the molecule is c1cc(-c2ccc(-c3ccc(-c4cccc5c(-c6ccc(-c7ccc(N(c8ccc(-c9ccc(-c%10cccc%11ccccc%10%11)cc9)cc8)c8ccccc8-c8ccc9c(c8)oc8ccccc89)cc7)cc6)cccc45)c4ccccc34)cc2)cc(N(c2ccc(-c3ccc(-c4cccc5ccccc45)cc3)cc2)c2ccccc2-c2ccc3c(c2)oc2ccccc23)c1. The largest absolute Gasteiger partial charge is 0.456 e. The van der Waals surface area contributed by atoms with Gasteiger partial charge in [-0.1, -0.05) is 388 Å². The lowest BCUT2D eigenvalue weighted by atomic mass is 9.88. The van der Waals surface area contributed by atoms with E-state index in [0.29, 0.717) is 0 Å². The van der Waals surface area contributed by atoms with Gasteiger partial charge in [0.25, 0.3) is 0 Å². The maximum absolute atomic E-state index is 6.52. The van der Waals surface area contributed by atoms with Crippen molar-refractivity contribution in [3.05, 3.63) is 485 Å². The van der Waals surface area contributed by atoms with Crippen LogP contribution in [0.5, 0.6) is 0 Å². The van der Waals surface area contributed by atoms with Crippen molar-refractivity contribution < 1.29 is 8.83 Å². The molecule has 24 aromatic rings. The first-order valence-electron chi connectivity index (χ1n) is 43.9. The van der Waals surface area contributed by atoms with Crippen LogP contribution in [0.2, 0.25) is 0 Å². The number of hydrogen-bond acceptors (Lipinski definition) is 4. The zero-order valence-corrected chi connectivity index (χ0v) is 69.9. The van der Waals surface area contributed by atoms with Crippen LogP contribution in [-0.2, 0) is 0 Å². The average Bonchev–Trinajstić information content (AvgIpc) is 1.77. The normalized spacial score (nSPS) is 11.6. The maximum atomic E-state index is 6.52. The second-order valence-electron chi connectivity index (χ2n) is 33.3. The lowest BCUT2D eigenvalue weighted by Crippen LogP contribution is -2.11. The van der Waals surface area contributed by atoms with Crippen molar-refractivity contribution in [3.63, 3.8) is 0 Å². The van der Waals surface area contributed by atoms with Crippen LogP contribution in [0, 0.1) is 0 Å². The van der Waals surface area contributed by atoms with Crippen molar-refractivity contribution in [3.8, 4) is 122 Å². The molecule has 2 aromatic heterocycles. The van der Waals surface area contributed by atoms with Crippen LogP contribution in [0.1, 0.15) is 0 Å². The molecular formula is C124H80N2O2. The minimum Gasteiger partial charge on any atom is -0.456 e. The van der Waals surface area contributed by atoms with Crippen LogP contribution < -0.4 is 9.80 Å². The summed E-state index contributed by atoms with van der Waals surface area (Å²) in [7, 11) is 0. The summed E-state index contributed by atoms with van der Waals surface area (Å²) in [6, 6.07) is 177. The summed E-state index contributed by atoms with van der Waals surface area (Å²) in [5.74, 6) is 0. The van der Waals surface area contributed by atoms with Crippen molar-refractivity contribution in [1.82, 2.24) is 0 Å². The van der Waals surface area contributed by atoms with Gasteiger partial charge < -0.3 is 18.6 Å². The molecule has 24 rings (SSSR count). The zero-order valence-electron chi connectivity index (χ0n) is 69.9. The predicted octanol–water partition coefficient (Wildman–Crippen LogP) is 35.4. The molecule has 0 unspecified atom stereocenters. The van der Waals surface area contributed by atoms with Crippen LogP contribution in [0.3, 0.4) is 0 Å². The summed E-state index contributed by atoms with van der Waals surface area (Å²) in [5, 5.41) is 14.3. The molecule has 0 spiro atoms. The first-order chi connectivity index (χ1) is 63.4. The van der Waals surface area contributed by atoms with Crippen LogP contribution in [0.4, 0.5) is 34.1 Å². The fraction of sp³-hybridized carbons (Fsp3) is 0. The van der Waals surface area contributed by atoms with Gasteiger partial charge in [-0.3, -0.25) is 0 Å². The molecule has 0 aliphatic rings. The van der Waals surface area contributed by atoms with E-state index in [4.69, 9.17) is 8.83 Å². The van der Waals surface area contributed by atoms with Gasteiger partial charge in [-0.15, -0.1) is 0 Å². The van der Waals surface area contributed by atoms with E-state index in [2.05, 4.69) is 471 Å². The third kappa shape index (κ3) is 13.5. The Kier molecular flexibility index (Phi) is 18.6. The Labute approximate surface area is 742 Å². The molecule has 4 nitrogen and oxygen atoms in total. The number of nitrogens with zero attached hydrogens (tertiary/aromatic N) is 2. The highest BCUT2D eigenvalue weighted by atomic mass is 16.3. The van der Waals surface area contributed by atoms with Crippen molar-refractivity contribution in [1.29, 1.82) is 0 Å². The number of anilines is 6. The lowest BCUT2D eigenvalue weighted by Gasteiger charge is -2.28. The molecular weight excluding hydrogens is 1550 g/mol. The van der Waals surface area contributed by atoms with Crippen LogP contribution in [-0.4, -0.2) is 0 Å². The van der Waals surface area contributed by atoms with Crippen LogP contribution >= 0.6 is 0 Å². The molecule has 0 amide bonds. The Morgan fingerprint density at radius 1 is 0.125 bits per heavy atom. The quantitative estimate of drug-likeness (QED) is 0.0910. The monoisotopic (exact) mass is 1630 g/mol. The topological polar surface area (TPSA) is 32.8 Å². The van der Waals surface area contributed by atoms with E-state index in [1.165, 1.54) is 87.6 Å². The van der Waals surface area contributed by atoms with Crippen molar-refractivity contribution in [2.75, 3.05) is 9.80 Å². The van der Waals surface area contributed by atoms with Crippen LogP contribution in [0.25, 0.3) is 209 Å². The summed E-state index contributed by atoms with van der Waals surface area (Å²) in [4.78, 5) is 4.79. The van der Waals surface area contributed by atoms with Gasteiger partial charge in [0, 0.05) is 55.4 Å². The predicted molar refractivity (Wildman–Crippen MR) is 540 cm³/mol. The van der Waals surface area contributed by atoms with Gasteiger partial charge in [0.15, 0.2) is 0 Å². The zero-order chi connectivity index (χ0) is 84.5. The molecule has 4 heteroatoms. The summed E-state index contributed by atoms with van der Waals surface area (Å²) in [6.45, 7) is 0. The molecule has 0 fully saturated rings. The van der Waals surface area contributed by atoms with E-state index in [1.54, 1.807) is 0 Å². The Balaban J connectivity index is 0.515. The van der Waals surface area contributed by atoms with Gasteiger partial charge in [-0.05, 0) is 251 Å². The van der Waals surface area contributed by atoms with Crippen molar-refractivity contribution in [2.24, 2.45) is 0 Å². The molecule has 2 heterocycles. The summed E-state index contributed by atoms with van der Waals surface area (Å²) in [5.41, 5.74) is 35.2. The highest BCUT2D eigenvalue weighted by Gasteiger charge is 2.24. The molecule has 22 aromatic carbocycles. The summed E-state index contributed by atoms with van der Waals surface area (Å²) >= 11 is 0. The Morgan fingerprint density at radius 2 is 0.383 bits per heavy atom. The molecule has 0 aliphatic carbocycles. The van der Waals surface area contributed by atoms with Gasteiger partial charge in [0.2, 0.25) is 0 Å². The molecule has 0 saturated carbocycles. The smallest absolute Gasteiger partial charge is 0.136 e. The van der Waals surface area contributed by atoms with E-state index in [-0.39, 0.29) is 0 Å². The minimum absolute atomic E-state index is 0.863. The van der Waals surface area contributed by atoms with Gasteiger partial charge >= 0.3 is 0 Å². The lowest BCUT2D eigenvalue weighted by molar-refractivity contribution is 0.668. The Morgan fingerprint density at radius 3 is 0.820 bits per heavy atom. The van der Waals surface area contributed by atoms with Gasteiger partial charge in [0.05, 0.1) is 11.4 Å². The highest BCUT2D eigenvalue weighted by molar-refractivity contribution is 6.13. The summed E-state index contributed by atoms with van der Waals surface area (Å²) < 4.78 is 13.0. The molecule has 0 radical (unpaired) electrons. The van der Waals surface area contributed by atoms with E-state index in [1.807, 2.05) is 24.3 Å². The Bertz CT molecular complexity index is 8380. The fourth-order valence-corrected chi connectivity index (χ4v) is 19.6. The number of para-hydroxylation sites is 4. The molecule has 598 valence electrons. The minimum atomic E-state index is 0.863. The van der Waals surface area contributed by atoms with Crippen molar-refractivity contribution >= 4 is 121 Å². The van der Waals surface area contributed by atoms with Gasteiger partial charge in [0.1, 0.15) is 22.3 Å². The molecule has 0 bridgehead atoms. The number of benzene rings is 22. The first kappa shape index (κ1) is 74.9. The molecule has 128 heavy (non-hydrogen) atoms. The number of furan rings is 2. The number of rotatable bonds is 17. The fourth-order valence-electron chi connectivity index (χ4n) is 19.6. The van der Waals surface area contributed by atoms with E-state index in [0.717, 1.165) is 156 Å². The van der Waals surface area contributed by atoms with Crippen molar-refractivity contribution in [2.45, 2.75) is 0 Å². The average molecular weight is 1630 g/mol.